The Morgan fingerprint density at radius 1 is 0.731 bits per heavy atom. The quantitative estimate of drug-likeness (QED) is 0.144. The lowest BCUT2D eigenvalue weighted by molar-refractivity contribution is -0.342. The van der Waals surface area contributed by atoms with Gasteiger partial charge in [0, 0.05) is 30.9 Å². The monoisotopic (exact) mass is 740 g/mol. The van der Waals surface area contributed by atoms with E-state index in [4.69, 9.17) is 4.74 Å². The van der Waals surface area contributed by atoms with Gasteiger partial charge in [-0.1, -0.05) is 60.7 Å². The molecule has 0 saturated heterocycles. The molecule has 282 valence electrons. The number of amides is 4. The molecule has 2 aliphatic carbocycles. The van der Waals surface area contributed by atoms with Crippen LogP contribution in [0.1, 0.15) is 50.7 Å². The Morgan fingerprint density at radius 3 is 1.63 bits per heavy atom. The SMILES string of the molecule is CC(C1CC1)N(Cc1ccccc1)C(=O)Nc1ccc(OCC(F)(F)C(F)(F)C(F)(F)C(F)F)c(NC(=O)N(Cc2ccccc2)C(C)C2CC2)c1. The number of benzene rings is 3. The molecule has 0 radical (unpaired) electrons. The fourth-order valence-corrected chi connectivity index (χ4v) is 5.88. The van der Waals surface area contributed by atoms with E-state index >= 15 is 0 Å². The zero-order valence-corrected chi connectivity index (χ0v) is 28.5. The molecule has 52 heavy (non-hydrogen) atoms. The van der Waals surface area contributed by atoms with Crippen LogP contribution in [0.5, 0.6) is 5.75 Å². The summed E-state index contributed by atoms with van der Waals surface area (Å²) in [5, 5.41) is 5.28. The van der Waals surface area contributed by atoms with Crippen LogP contribution in [0.3, 0.4) is 0 Å². The molecule has 0 spiro atoms. The van der Waals surface area contributed by atoms with Gasteiger partial charge in [-0.05, 0) is 80.7 Å². The highest BCUT2D eigenvalue weighted by molar-refractivity contribution is 5.94. The van der Waals surface area contributed by atoms with Crippen LogP contribution in [0.4, 0.5) is 56.1 Å². The number of alkyl halides is 8. The fraction of sp³-hybridized carbons (Fsp3) is 0.459. The van der Waals surface area contributed by atoms with E-state index in [1.165, 1.54) is 11.0 Å². The summed E-state index contributed by atoms with van der Waals surface area (Å²) >= 11 is 0. The van der Waals surface area contributed by atoms with Crippen molar-refractivity contribution >= 4 is 23.4 Å². The molecule has 0 bridgehead atoms. The van der Waals surface area contributed by atoms with Crippen LogP contribution < -0.4 is 15.4 Å². The van der Waals surface area contributed by atoms with Gasteiger partial charge >= 0.3 is 36.3 Å². The third kappa shape index (κ3) is 8.90. The van der Waals surface area contributed by atoms with E-state index in [0.29, 0.717) is 0 Å². The number of rotatable bonds is 16. The van der Waals surface area contributed by atoms with Gasteiger partial charge in [0.1, 0.15) is 5.75 Å². The number of carbonyl (C=O) groups is 2. The van der Waals surface area contributed by atoms with Crippen LogP contribution in [0.25, 0.3) is 0 Å². The van der Waals surface area contributed by atoms with E-state index in [1.54, 1.807) is 35.2 Å². The zero-order valence-electron chi connectivity index (χ0n) is 28.5. The van der Waals surface area contributed by atoms with Crippen LogP contribution in [0.2, 0.25) is 0 Å². The first kappa shape index (κ1) is 38.7. The van der Waals surface area contributed by atoms with Gasteiger partial charge < -0.3 is 25.2 Å². The number of halogens is 8. The van der Waals surface area contributed by atoms with E-state index in [1.807, 2.05) is 44.2 Å². The highest BCUT2D eigenvalue weighted by Crippen LogP contribution is 2.49. The smallest absolute Gasteiger partial charge is 0.381 e. The number of nitrogens with zero attached hydrogens (tertiary/aromatic N) is 2. The molecule has 0 aromatic heterocycles. The summed E-state index contributed by atoms with van der Waals surface area (Å²) in [5.74, 6) is -18.8. The molecular weight excluding hydrogens is 700 g/mol. The highest BCUT2D eigenvalue weighted by Gasteiger charge is 2.75. The van der Waals surface area contributed by atoms with E-state index in [0.717, 1.165) is 48.9 Å². The number of anilines is 2. The van der Waals surface area contributed by atoms with Crippen molar-refractivity contribution in [2.75, 3.05) is 17.2 Å². The van der Waals surface area contributed by atoms with Gasteiger partial charge in [-0.3, -0.25) is 0 Å². The molecule has 3 aromatic rings. The van der Waals surface area contributed by atoms with Crippen molar-refractivity contribution in [3.8, 4) is 5.75 Å². The Bertz CT molecular complexity index is 1670. The number of ether oxygens (including phenoxy) is 1. The second-order valence-electron chi connectivity index (χ2n) is 13.4. The Morgan fingerprint density at radius 2 is 1.19 bits per heavy atom. The summed E-state index contributed by atoms with van der Waals surface area (Å²) in [6, 6.07) is 19.8. The number of carbonyl (C=O) groups excluding carboxylic acids is 2. The Balaban J connectivity index is 1.43. The third-order valence-electron chi connectivity index (χ3n) is 9.54. The van der Waals surface area contributed by atoms with Gasteiger partial charge in [-0.2, -0.15) is 26.3 Å². The Labute approximate surface area is 296 Å². The molecule has 4 amide bonds. The predicted molar refractivity (Wildman–Crippen MR) is 179 cm³/mol. The highest BCUT2D eigenvalue weighted by atomic mass is 19.4. The second kappa shape index (κ2) is 15.6. The molecule has 2 fully saturated rings. The molecule has 2 saturated carbocycles. The summed E-state index contributed by atoms with van der Waals surface area (Å²) in [5.41, 5.74) is 1.32. The molecule has 0 heterocycles. The van der Waals surface area contributed by atoms with Crippen molar-refractivity contribution in [3.05, 3.63) is 90.0 Å². The van der Waals surface area contributed by atoms with E-state index in [9.17, 15) is 44.7 Å². The molecule has 5 rings (SSSR count). The molecule has 2 unspecified atom stereocenters. The van der Waals surface area contributed by atoms with Gasteiger partial charge in [0.15, 0.2) is 6.61 Å². The van der Waals surface area contributed by atoms with Crippen molar-refractivity contribution in [1.29, 1.82) is 0 Å². The minimum atomic E-state index is -6.49. The fourth-order valence-electron chi connectivity index (χ4n) is 5.88. The first-order chi connectivity index (χ1) is 24.5. The van der Waals surface area contributed by atoms with Crippen molar-refractivity contribution in [3.63, 3.8) is 0 Å². The molecule has 15 heteroatoms. The van der Waals surface area contributed by atoms with Gasteiger partial charge in [0.05, 0.1) is 5.69 Å². The molecule has 2 N–H and O–H groups in total. The maximum atomic E-state index is 14.5. The number of urea groups is 2. The normalized spacial score (nSPS) is 16.2. The summed E-state index contributed by atoms with van der Waals surface area (Å²) in [6.45, 7) is 1.71. The number of hydrogen-bond donors (Lipinski definition) is 2. The van der Waals surface area contributed by atoms with Gasteiger partial charge in [0.25, 0.3) is 0 Å². The molecule has 2 atom stereocenters. The maximum absolute atomic E-state index is 14.5. The van der Waals surface area contributed by atoms with Gasteiger partial charge in [-0.15, -0.1) is 0 Å². The average molecular weight is 741 g/mol. The minimum absolute atomic E-state index is 0.0554. The largest absolute Gasteiger partial charge is 0.485 e. The molecular formula is C37H40F8N4O3. The number of hydrogen-bond acceptors (Lipinski definition) is 3. The number of nitrogens with one attached hydrogen (secondary N) is 2. The molecule has 3 aromatic carbocycles. The zero-order chi connectivity index (χ0) is 37.8. The first-order valence-electron chi connectivity index (χ1n) is 16.9. The summed E-state index contributed by atoms with van der Waals surface area (Å²) in [6.07, 6.45) is -1.48. The minimum Gasteiger partial charge on any atom is -0.485 e. The summed E-state index contributed by atoms with van der Waals surface area (Å²) in [7, 11) is 0. The van der Waals surface area contributed by atoms with Crippen LogP contribution in [-0.4, -0.2) is 64.7 Å². The lowest BCUT2D eigenvalue weighted by atomic mass is 10.1. The van der Waals surface area contributed by atoms with Crippen LogP contribution in [0.15, 0.2) is 78.9 Å². The van der Waals surface area contributed by atoms with Crippen LogP contribution in [0, 0.1) is 11.8 Å². The van der Waals surface area contributed by atoms with E-state index in [-0.39, 0.29) is 48.4 Å². The standard InChI is InChI=1S/C37H40F8N4O3/c1-23(27-13-14-27)48(20-25-9-5-3-6-10-25)33(50)46-29-17-18-31(52-22-35(40,41)37(44,45)36(42,43)32(38)39)30(19-29)47-34(51)49(24(2)28-15-16-28)21-26-11-7-4-8-12-26/h3-12,17-19,23-24,27-28,32H,13-16,20-22H2,1-2H3,(H,46,50)(H,47,51). The molecule has 7 nitrogen and oxygen atoms in total. The third-order valence-corrected chi connectivity index (χ3v) is 9.54. The predicted octanol–water partition coefficient (Wildman–Crippen LogP) is 9.90. The van der Waals surface area contributed by atoms with E-state index in [2.05, 4.69) is 10.6 Å². The second-order valence-corrected chi connectivity index (χ2v) is 13.4. The van der Waals surface area contributed by atoms with Crippen molar-refractivity contribution in [2.24, 2.45) is 11.8 Å². The lowest BCUT2D eigenvalue weighted by Crippen LogP contribution is -2.59. The Kier molecular flexibility index (Phi) is 11.6. The van der Waals surface area contributed by atoms with Gasteiger partial charge in [0.2, 0.25) is 0 Å². The van der Waals surface area contributed by atoms with Crippen LogP contribution in [-0.2, 0) is 13.1 Å². The van der Waals surface area contributed by atoms with Gasteiger partial charge in [-0.25, -0.2) is 18.4 Å². The van der Waals surface area contributed by atoms with Crippen molar-refractivity contribution in [2.45, 2.75) is 88.9 Å². The van der Waals surface area contributed by atoms with E-state index < -0.39 is 48.6 Å². The molecule has 2 aliphatic rings. The average Bonchev–Trinajstić information content (AvgIpc) is 4.03. The summed E-state index contributed by atoms with van der Waals surface area (Å²) in [4.78, 5) is 30.6. The lowest BCUT2D eigenvalue weighted by Gasteiger charge is -2.32. The topological polar surface area (TPSA) is 73.9 Å². The Hall–Kier alpha value is -4.56. The van der Waals surface area contributed by atoms with Crippen molar-refractivity contribution in [1.82, 2.24) is 9.80 Å². The van der Waals surface area contributed by atoms with Crippen molar-refractivity contribution < 1.29 is 49.4 Å². The molecule has 0 aliphatic heterocycles. The van der Waals surface area contributed by atoms with Crippen LogP contribution >= 0.6 is 0 Å². The maximum Gasteiger partial charge on any atom is 0.381 e. The first-order valence-corrected chi connectivity index (χ1v) is 16.9. The summed E-state index contributed by atoms with van der Waals surface area (Å²) < 4.78 is 115.